The molecule has 1 amide bonds. The van der Waals surface area contributed by atoms with E-state index in [-0.39, 0.29) is 18.7 Å². The Morgan fingerprint density at radius 3 is 2.88 bits per heavy atom. The van der Waals surface area contributed by atoms with Crippen molar-refractivity contribution in [3.05, 3.63) is 48.0 Å². The molecule has 0 fully saturated rings. The van der Waals surface area contributed by atoms with E-state index in [2.05, 4.69) is 15.5 Å². The lowest BCUT2D eigenvalue weighted by atomic mass is 10.2. The van der Waals surface area contributed by atoms with Gasteiger partial charge in [-0.25, -0.2) is 0 Å². The topological polar surface area (TPSA) is 86.5 Å². The third kappa shape index (κ3) is 3.16. The Hall–Kier alpha value is -3.00. The lowest BCUT2D eigenvalue weighted by Crippen LogP contribution is -2.12. The second-order valence-corrected chi connectivity index (χ2v) is 6.05. The number of nitrogens with zero attached hydrogens (tertiary/aromatic N) is 2. The molecule has 25 heavy (non-hydrogen) atoms. The molecule has 1 N–H and O–H groups in total. The summed E-state index contributed by atoms with van der Waals surface area (Å²) in [7, 11) is 0. The van der Waals surface area contributed by atoms with Crippen LogP contribution in [0.4, 0.5) is 6.01 Å². The average Bonchev–Trinajstić information content (AvgIpc) is 3.30. The largest absolute Gasteiger partial charge is 0.454 e. The number of benzene rings is 2. The van der Waals surface area contributed by atoms with Crippen LogP contribution in [0.1, 0.15) is 10.4 Å². The van der Waals surface area contributed by atoms with Crippen molar-refractivity contribution in [3.63, 3.8) is 0 Å². The molecule has 0 spiro atoms. The zero-order valence-corrected chi connectivity index (χ0v) is 14.0. The number of fused-ring (bicyclic) bond motifs is 1. The molecule has 1 aromatic heterocycles. The van der Waals surface area contributed by atoms with E-state index < -0.39 is 0 Å². The first-order valence-electron chi connectivity index (χ1n) is 7.42. The number of carbonyl (C=O) groups is 1. The minimum atomic E-state index is -0.369. The van der Waals surface area contributed by atoms with E-state index in [4.69, 9.17) is 13.9 Å². The van der Waals surface area contributed by atoms with Gasteiger partial charge in [-0.15, -0.1) is 16.9 Å². The Bertz CT molecular complexity index is 941. The Morgan fingerprint density at radius 1 is 1.12 bits per heavy atom. The zero-order chi connectivity index (χ0) is 17.2. The second-order valence-electron chi connectivity index (χ2n) is 5.17. The molecule has 7 nitrogen and oxygen atoms in total. The summed E-state index contributed by atoms with van der Waals surface area (Å²) in [6, 6.07) is 12.7. The fourth-order valence-corrected chi connectivity index (χ4v) is 2.81. The van der Waals surface area contributed by atoms with Crippen molar-refractivity contribution < 1.29 is 18.7 Å². The van der Waals surface area contributed by atoms with Crippen LogP contribution in [0, 0.1) is 0 Å². The summed E-state index contributed by atoms with van der Waals surface area (Å²) in [5, 5.41) is 10.4. The molecule has 0 atom stereocenters. The molecule has 0 unspecified atom stereocenters. The normalized spacial score (nSPS) is 12.2. The minimum absolute atomic E-state index is 0.0345. The molecule has 0 radical (unpaired) electrons. The van der Waals surface area contributed by atoms with E-state index >= 15 is 0 Å². The molecule has 8 heteroatoms. The quantitative estimate of drug-likeness (QED) is 0.717. The molecule has 2 aromatic carbocycles. The van der Waals surface area contributed by atoms with Crippen LogP contribution in [0.5, 0.6) is 11.5 Å². The van der Waals surface area contributed by atoms with E-state index in [1.807, 2.05) is 30.5 Å². The second kappa shape index (κ2) is 6.48. The van der Waals surface area contributed by atoms with E-state index in [0.717, 1.165) is 10.5 Å². The molecule has 0 aliphatic carbocycles. The molecule has 0 saturated heterocycles. The first kappa shape index (κ1) is 15.5. The highest BCUT2D eigenvalue weighted by molar-refractivity contribution is 7.98. The van der Waals surface area contributed by atoms with E-state index in [0.29, 0.717) is 23.0 Å². The number of anilines is 1. The molecule has 3 aromatic rings. The third-order valence-corrected chi connectivity index (χ3v) is 4.32. The Balaban J connectivity index is 1.51. The first-order valence-corrected chi connectivity index (χ1v) is 8.64. The number of aromatic nitrogens is 2. The lowest BCUT2D eigenvalue weighted by Gasteiger charge is -2.02. The minimum Gasteiger partial charge on any atom is -0.454 e. The maximum Gasteiger partial charge on any atom is 0.322 e. The monoisotopic (exact) mass is 355 g/mol. The lowest BCUT2D eigenvalue weighted by molar-refractivity contribution is 0.102. The number of rotatable bonds is 4. The van der Waals surface area contributed by atoms with Crippen LogP contribution in [-0.4, -0.2) is 29.2 Å². The predicted molar refractivity (Wildman–Crippen MR) is 92.0 cm³/mol. The van der Waals surface area contributed by atoms with Crippen LogP contribution in [0.15, 0.2) is 51.8 Å². The van der Waals surface area contributed by atoms with Crippen LogP contribution < -0.4 is 14.8 Å². The summed E-state index contributed by atoms with van der Waals surface area (Å²) >= 11 is 1.62. The van der Waals surface area contributed by atoms with Gasteiger partial charge in [0.25, 0.3) is 5.91 Å². The van der Waals surface area contributed by atoms with Gasteiger partial charge in [-0.2, -0.15) is 0 Å². The number of ether oxygens (including phenoxy) is 2. The van der Waals surface area contributed by atoms with Gasteiger partial charge >= 0.3 is 6.01 Å². The van der Waals surface area contributed by atoms with E-state index in [1.54, 1.807) is 30.0 Å². The van der Waals surface area contributed by atoms with Gasteiger partial charge in [0, 0.05) is 16.0 Å². The number of carbonyl (C=O) groups excluding carboxylic acids is 1. The summed E-state index contributed by atoms with van der Waals surface area (Å²) in [5.41, 5.74) is 1.20. The van der Waals surface area contributed by atoms with Crippen molar-refractivity contribution in [1.29, 1.82) is 0 Å². The SMILES string of the molecule is CSc1cccc(-c2nnc(NC(=O)c3ccc4c(c3)OCO4)o2)c1. The van der Waals surface area contributed by atoms with Gasteiger partial charge in [-0.05, 0) is 42.7 Å². The molecule has 4 rings (SSSR count). The van der Waals surface area contributed by atoms with Gasteiger partial charge in [0.05, 0.1) is 0 Å². The molecule has 0 saturated carbocycles. The van der Waals surface area contributed by atoms with Crippen LogP contribution in [0.3, 0.4) is 0 Å². The van der Waals surface area contributed by atoms with E-state index in [9.17, 15) is 4.79 Å². The average molecular weight is 355 g/mol. The fraction of sp³-hybridized carbons (Fsp3) is 0.118. The van der Waals surface area contributed by atoms with Gasteiger partial charge in [-0.1, -0.05) is 11.2 Å². The summed E-state index contributed by atoms with van der Waals surface area (Å²) in [4.78, 5) is 13.4. The molecular formula is C17H13N3O4S. The molecule has 0 bridgehead atoms. The highest BCUT2D eigenvalue weighted by Crippen LogP contribution is 2.32. The number of amides is 1. The van der Waals surface area contributed by atoms with Crippen LogP contribution in [0.2, 0.25) is 0 Å². The van der Waals surface area contributed by atoms with Crippen molar-refractivity contribution >= 4 is 23.7 Å². The van der Waals surface area contributed by atoms with Crippen molar-refractivity contribution in [2.75, 3.05) is 18.4 Å². The smallest absolute Gasteiger partial charge is 0.322 e. The van der Waals surface area contributed by atoms with Crippen molar-refractivity contribution in [2.45, 2.75) is 4.90 Å². The standard InChI is InChI=1S/C17H13N3O4S/c1-25-12-4-2-3-11(7-12)16-19-20-17(24-16)18-15(21)10-5-6-13-14(8-10)23-9-22-13/h2-8H,9H2,1H3,(H,18,20,21). The molecule has 1 aliphatic heterocycles. The van der Waals surface area contributed by atoms with Crippen LogP contribution in [-0.2, 0) is 0 Å². The van der Waals surface area contributed by atoms with Crippen molar-refractivity contribution in [2.24, 2.45) is 0 Å². The summed E-state index contributed by atoms with van der Waals surface area (Å²) in [5.74, 6) is 1.13. The number of hydrogen-bond acceptors (Lipinski definition) is 7. The summed E-state index contributed by atoms with van der Waals surface area (Å²) in [6.45, 7) is 0.155. The molecular weight excluding hydrogens is 342 g/mol. The Labute approximate surface area is 147 Å². The zero-order valence-electron chi connectivity index (χ0n) is 13.2. The first-order chi connectivity index (χ1) is 12.2. The van der Waals surface area contributed by atoms with Crippen LogP contribution in [0.25, 0.3) is 11.5 Å². The summed E-state index contributed by atoms with van der Waals surface area (Å²) < 4.78 is 16.0. The van der Waals surface area contributed by atoms with Crippen molar-refractivity contribution in [1.82, 2.24) is 10.2 Å². The number of nitrogens with one attached hydrogen (secondary N) is 1. The summed E-state index contributed by atoms with van der Waals surface area (Å²) in [6.07, 6.45) is 1.99. The van der Waals surface area contributed by atoms with Gasteiger partial charge in [0.1, 0.15) is 0 Å². The van der Waals surface area contributed by atoms with Gasteiger partial charge in [0.15, 0.2) is 11.5 Å². The molecule has 2 heterocycles. The van der Waals surface area contributed by atoms with Crippen molar-refractivity contribution in [3.8, 4) is 23.0 Å². The fourth-order valence-electron chi connectivity index (χ4n) is 2.35. The number of thioether (sulfide) groups is 1. The Morgan fingerprint density at radius 2 is 2.00 bits per heavy atom. The highest BCUT2D eigenvalue weighted by atomic mass is 32.2. The van der Waals surface area contributed by atoms with Crippen LogP contribution >= 0.6 is 11.8 Å². The number of hydrogen-bond donors (Lipinski definition) is 1. The molecule has 126 valence electrons. The Kier molecular flexibility index (Phi) is 4.02. The third-order valence-electron chi connectivity index (χ3n) is 3.60. The highest BCUT2D eigenvalue weighted by Gasteiger charge is 2.18. The maximum atomic E-state index is 12.3. The van der Waals surface area contributed by atoms with Gasteiger partial charge in [0.2, 0.25) is 12.7 Å². The maximum absolute atomic E-state index is 12.3. The molecule has 1 aliphatic rings. The predicted octanol–water partition coefficient (Wildman–Crippen LogP) is 3.44. The van der Waals surface area contributed by atoms with Gasteiger partial charge in [-0.3, -0.25) is 10.1 Å². The van der Waals surface area contributed by atoms with E-state index in [1.165, 1.54) is 0 Å². The van der Waals surface area contributed by atoms with Gasteiger partial charge < -0.3 is 13.9 Å².